The number of rotatable bonds is 9. The molecule has 0 radical (unpaired) electrons. The van der Waals surface area contributed by atoms with Crippen molar-refractivity contribution < 1.29 is 12.9 Å². The summed E-state index contributed by atoms with van der Waals surface area (Å²) < 4.78 is 16.5. The maximum absolute atomic E-state index is 5.60. The van der Waals surface area contributed by atoms with E-state index in [2.05, 4.69) is 28.1 Å². The molecule has 9 nitrogen and oxygen atoms in total. The van der Waals surface area contributed by atoms with Gasteiger partial charge in [-0.1, -0.05) is 0 Å². The maximum atomic E-state index is 5.60. The summed E-state index contributed by atoms with van der Waals surface area (Å²) in [6, 6.07) is 0. The molecule has 1 atom stereocenters. The van der Waals surface area contributed by atoms with Gasteiger partial charge in [0.15, 0.2) is 17.0 Å². The zero-order chi connectivity index (χ0) is 17.5. The molecule has 0 N–H and O–H groups in total. The van der Waals surface area contributed by atoms with Crippen molar-refractivity contribution in [2.45, 2.75) is 19.6 Å². The van der Waals surface area contributed by atoms with E-state index in [9.17, 15) is 0 Å². The predicted octanol–water partition coefficient (Wildman–Crippen LogP) is 3.06. The van der Waals surface area contributed by atoms with Crippen LogP contribution in [0.25, 0.3) is 11.2 Å². The fraction of sp³-hybridized carbons (Fsp3) is 0.500. The molecule has 0 aliphatic rings. The van der Waals surface area contributed by atoms with Crippen molar-refractivity contribution in [3.8, 4) is 0 Å². The van der Waals surface area contributed by atoms with Crippen molar-refractivity contribution in [3.05, 3.63) is 12.7 Å². The molecule has 0 fully saturated rings. The van der Waals surface area contributed by atoms with E-state index in [1.807, 2.05) is 30.5 Å². The van der Waals surface area contributed by atoms with Gasteiger partial charge in [-0.25, -0.2) is 28.1 Å². The van der Waals surface area contributed by atoms with Gasteiger partial charge < -0.3 is 14.2 Å². The van der Waals surface area contributed by atoms with Crippen LogP contribution in [-0.2, 0) is 19.4 Å². The van der Waals surface area contributed by atoms with Gasteiger partial charge in [0.1, 0.15) is 12.7 Å². The summed E-state index contributed by atoms with van der Waals surface area (Å²) in [6.07, 6.45) is 4.79. The molecule has 2 heterocycles. The van der Waals surface area contributed by atoms with E-state index < -0.39 is 8.38 Å². The molecule has 2 rings (SSSR count). The van der Waals surface area contributed by atoms with Crippen LogP contribution in [0.5, 0.6) is 0 Å². The lowest BCUT2D eigenvalue weighted by Gasteiger charge is -2.15. The van der Waals surface area contributed by atoms with Crippen LogP contribution in [0.4, 0.5) is 5.82 Å². The van der Waals surface area contributed by atoms with E-state index in [0.29, 0.717) is 23.5 Å². The Balaban J connectivity index is 2.09. The Morgan fingerprint density at radius 3 is 2.75 bits per heavy atom. The van der Waals surface area contributed by atoms with E-state index in [-0.39, 0.29) is 12.5 Å². The Labute approximate surface area is 150 Å². The van der Waals surface area contributed by atoms with Crippen molar-refractivity contribution in [2.24, 2.45) is 4.99 Å². The minimum absolute atomic E-state index is 0.156. The molecular formula is C12H17Cl2N6O3P. The zero-order valence-electron chi connectivity index (χ0n) is 13.3. The van der Waals surface area contributed by atoms with Crippen molar-refractivity contribution in [3.63, 3.8) is 0 Å². The summed E-state index contributed by atoms with van der Waals surface area (Å²) >= 11 is 10.5. The van der Waals surface area contributed by atoms with Gasteiger partial charge in [0.2, 0.25) is 8.38 Å². The van der Waals surface area contributed by atoms with Crippen molar-refractivity contribution in [1.82, 2.24) is 24.4 Å². The van der Waals surface area contributed by atoms with Crippen LogP contribution in [0.1, 0.15) is 6.92 Å². The predicted molar refractivity (Wildman–Crippen MR) is 93.4 cm³/mol. The Morgan fingerprint density at radius 1 is 1.33 bits per heavy atom. The average molecular weight is 395 g/mol. The molecule has 0 spiro atoms. The first-order valence-electron chi connectivity index (χ1n) is 6.88. The van der Waals surface area contributed by atoms with E-state index in [1.165, 1.54) is 6.33 Å². The second kappa shape index (κ2) is 9.41. The average Bonchev–Trinajstić information content (AvgIpc) is 2.97. The topological polar surface area (TPSA) is 86.9 Å². The molecule has 2 aromatic rings. The number of hydrogen-bond acceptors (Lipinski definition) is 7. The molecule has 0 saturated heterocycles. The molecule has 0 saturated carbocycles. The van der Waals surface area contributed by atoms with Crippen LogP contribution in [0, 0.1) is 0 Å². The lowest BCUT2D eigenvalue weighted by Crippen LogP contribution is -2.16. The largest absolute Gasteiger partial charge is 0.369 e. The van der Waals surface area contributed by atoms with E-state index >= 15 is 0 Å². The highest BCUT2D eigenvalue weighted by Crippen LogP contribution is 2.41. The number of aliphatic imine (C=N–C) groups is 1. The summed E-state index contributed by atoms with van der Waals surface area (Å²) in [7, 11) is 2.29. The highest BCUT2D eigenvalue weighted by Gasteiger charge is 2.15. The highest BCUT2D eigenvalue weighted by atomic mass is 35.5. The Morgan fingerprint density at radius 2 is 2.08 bits per heavy atom. The summed E-state index contributed by atoms with van der Waals surface area (Å²) in [5.74, 6) is 0.510. The van der Waals surface area contributed by atoms with Crippen LogP contribution >= 0.6 is 32.1 Å². The zero-order valence-corrected chi connectivity index (χ0v) is 15.7. The van der Waals surface area contributed by atoms with Gasteiger partial charge in [-0.05, 0) is 6.92 Å². The highest BCUT2D eigenvalue weighted by molar-refractivity contribution is 7.49. The Kier molecular flexibility index (Phi) is 7.54. The van der Waals surface area contributed by atoms with Gasteiger partial charge in [-0.3, -0.25) is 0 Å². The Bertz CT molecular complexity index is 682. The van der Waals surface area contributed by atoms with Crippen molar-refractivity contribution in [1.29, 1.82) is 0 Å². The molecule has 12 heteroatoms. The second-order valence-corrected chi connectivity index (χ2v) is 7.08. The maximum Gasteiger partial charge on any atom is 0.238 e. The van der Waals surface area contributed by atoms with Gasteiger partial charge in [0.05, 0.1) is 49.0 Å². The summed E-state index contributed by atoms with van der Waals surface area (Å²) in [6.45, 7) is 2.42. The van der Waals surface area contributed by atoms with E-state index in [1.54, 1.807) is 12.7 Å². The summed E-state index contributed by atoms with van der Waals surface area (Å²) in [4.78, 5) is 18.9. The number of aromatic nitrogens is 4. The molecule has 0 amide bonds. The molecule has 0 aliphatic carbocycles. The Hall–Kier alpha value is -1.09. The standard InChI is InChI=1S/C12H17Cl2N6O3P/c1-9(21-8-24(22-13)23-14)4-20-7-17-10-11(18-6-19(2)3)15-5-16-12(10)20/h5-7,9H,4,8H2,1-3H3/t9-/m1/s1. The first kappa shape index (κ1) is 19.2. The lowest BCUT2D eigenvalue weighted by atomic mass is 10.4. The molecule has 0 bridgehead atoms. The third kappa shape index (κ3) is 5.20. The second-order valence-electron chi connectivity index (χ2n) is 5.05. The van der Waals surface area contributed by atoms with Crippen LogP contribution in [0.15, 0.2) is 17.6 Å². The lowest BCUT2D eigenvalue weighted by molar-refractivity contribution is 0.0837. The van der Waals surface area contributed by atoms with Gasteiger partial charge >= 0.3 is 0 Å². The van der Waals surface area contributed by atoms with Crippen LogP contribution in [-0.4, -0.2) is 57.3 Å². The van der Waals surface area contributed by atoms with Crippen LogP contribution in [0.3, 0.4) is 0 Å². The molecule has 132 valence electrons. The summed E-state index contributed by atoms with van der Waals surface area (Å²) in [5.41, 5.74) is 1.30. The minimum atomic E-state index is -1.47. The number of nitrogens with zero attached hydrogens (tertiary/aromatic N) is 6. The number of fused-ring (bicyclic) bond motifs is 1. The monoisotopic (exact) mass is 394 g/mol. The normalized spacial score (nSPS) is 13.2. The first-order valence-corrected chi connectivity index (χ1v) is 8.86. The molecule has 0 aliphatic heterocycles. The molecule has 0 aromatic carbocycles. The van der Waals surface area contributed by atoms with Gasteiger partial charge in [0, 0.05) is 14.1 Å². The quantitative estimate of drug-likeness (QED) is 0.366. The smallest absolute Gasteiger partial charge is 0.238 e. The van der Waals surface area contributed by atoms with E-state index in [4.69, 9.17) is 28.5 Å². The molecule has 24 heavy (non-hydrogen) atoms. The third-order valence-electron chi connectivity index (χ3n) is 2.87. The van der Waals surface area contributed by atoms with Gasteiger partial charge in [-0.15, -0.1) is 0 Å². The van der Waals surface area contributed by atoms with Gasteiger partial charge in [0.25, 0.3) is 0 Å². The number of ether oxygens (including phenoxy) is 1. The fourth-order valence-electron chi connectivity index (χ4n) is 1.83. The minimum Gasteiger partial charge on any atom is -0.369 e. The number of halogens is 2. The van der Waals surface area contributed by atoms with Crippen molar-refractivity contribution >= 4 is 55.4 Å². The first-order chi connectivity index (χ1) is 11.5. The van der Waals surface area contributed by atoms with E-state index in [0.717, 1.165) is 0 Å². The summed E-state index contributed by atoms with van der Waals surface area (Å²) in [5, 5.41) is 0. The SMILES string of the molecule is C[C@H](Cn1cnc2c(N=CN(C)C)ncnc21)OCP(OCl)OCl. The van der Waals surface area contributed by atoms with Gasteiger partial charge in [-0.2, -0.15) is 0 Å². The molecular weight excluding hydrogens is 378 g/mol. The third-order valence-corrected chi connectivity index (χ3v) is 4.46. The number of imidazole rings is 1. The van der Waals surface area contributed by atoms with Crippen molar-refractivity contribution in [2.75, 3.05) is 20.4 Å². The number of hydrogen-bond donors (Lipinski definition) is 0. The van der Waals surface area contributed by atoms with Crippen LogP contribution < -0.4 is 0 Å². The molecule has 0 unspecified atom stereocenters. The molecule has 2 aromatic heterocycles. The fourth-order valence-corrected chi connectivity index (χ4v) is 2.81. The van der Waals surface area contributed by atoms with Crippen LogP contribution in [0.2, 0.25) is 0 Å².